The molecule has 1 amide bonds. The van der Waals surface area contributed by atoms with E-state index in [4.69, 9.17) is 9.26 Å². The molecule has 0 spiro atoms. The van der Waals surface area contributed by atoms with Crippen molar-refractivity contribution in [2.45, 2.75) is 51.7 Å². The molecular weight excluding hydrogens is 294 g/mol. The van der Waals surface area contributed by atoms with Crippen LogP contribution in [0.3, 0.4) is 0 Å². The molecule has 6 nitrogen and oxygen atoms in total. The van der Waals surface area contributed by atoms with Gasteiger partial charge in [0.05, 0.1) is 6.10 Å². The van der Waals surface area contributed by atoms with Crippen LogP contribution < -0.4 is 10.1 Å². The van der Waals surface area contributed by atoms with E-state index in [1.807, 2.05) is 38.1 Å². The molecule has 2 heterocycles. The van der Waals surface area contributed by atoms with Crippen molar-refractivity contribution in [2.24, 2.45) is 0 Å². The molecule has 122 valence electrons. The summed E-state index contributed by atoms with van der Waals surface area (Å²) in [5.41, 5.74) is 0.853. The number of carbonyl (C=O) groups is 1. The number of amides is 1. The van der Waals surface area contributed by atoms with Gasteiger partial charge in [-0.3, -0.25) is 4.79 Å². The highest BCUT2D eigenvalue weighted by molar-refractivity contribution is 5.76. The van der Waals surface area contributed by atoms with Gasteiger partial charge in [-0.15, -0.1) is 0 Å². The molecule has 1 saturated heterocycles. The Morgan fingerprint density at radius 1 is 1.43 bits per heavy atom. The van der Waals surface area contributed by atoms with Crippen LogP contribution in [0.5, 0.6) is 5.75 Å². The fourth-order valence-corrected chi connectivity index (χ4v) is 2.68. The SMILES string of the molecule is CC(C)Oc1cccc(-c2noc(CC3CCCC(=O)N3)n2)c1. The van der Waals surface area contributed by atoms with E-state index in [0.717, 1.165) is 24.2 Å². The van der Waals surface area contributed by atoms with Crippen LogP contribution in [0.4, 0.5) is 0 Å². The minimum atomic E-state index is 0.0835. The first-order valence-corrected chi connectivity index (χ1v) is 7.99. The van der Waals surface area contributed by atoms with Gasteiger partial charge < -0.3 is 14.6 Å². The van der Waals surface area contributed by atoms with Crippen molar-refractivity contribution in [2.75, 3.05) is 0 Å². The van der Waals surface area contributed by atoms with Gasteiger partial charge in [-0.1, -0.05) is 17.3 Å². The van der Waals surface area contributed by atoms with Crippen LogP contribution >= 0.6 is 0 Å². The Labute approximate surface area is 135 Å². The van der Waals surface area contributed by atoms with Gasteiger partial charge in [-0.2, -0.15) is 4.98 Å². The Kier molecular flexibility index (Phi) is 4.60. The van der Waals surface area contributed by atoms with E-state index >= 15 is 0 Å². The minimum Gasteiger partial charge on any atom is -0.491 e. The zero-order valence-corrected chi connectivity index (χ0v) is 13.4. The number of hydrogen-bond acceptors (Lipinski definition) is 5. The standard InChI is InChI=1S/C17H21N3O3/c1-11(2)22-14-7-3-5-12(9-14)17-19-16(23-20-17)10-13-6-4-8-15(21)18-13/h3,5,7,9,11,13H,4,6,8,10H2,1-2H3,(H,18,21). The van der Waals surface area contributed by atoms with Gasteiger partial charge in [-0.25, -0.2) is 0 Å². The molecule has 1 unspecified atom stereocenters. The van der Waals surface area contributed by atoms with E-state index in [2.05, 4.69) is 15.5 Å². The van der Waals surface area contributed by atoms with E-state index in [1.54, 1.807) is 0 Å². The molecule has 23 heavy (non-hydrogen) atoms. The van der Waals surface area contributed by atoms with Gasteiger partial charge in [0, 0.05) is 24.4 Å². The van der Waals surface area contributed by atoms with Crippen molar-refractivity contribution in [3.63, 3.8) is 0 Å². The zero-order chi connectivity index (χ0) is 16.2. The highest BCUT2D eigenvalue weighted by atomic mass is 16.5. The summed E-state index contributed by atoms with van der Waals surface area (Å²) in [6.45, 7) is 3.97. The fraction of sp³-hybridized carbons (Fsp3) is 0.471. The lowest BCUT2D eigenvalue weighted by molar-refractivity contribution is -0.123. The third-order valence-electron chi connectivity index (χ3n) is 3.67. The number of nitrogens with one attached hydrogen (secondary N) is 1. The maximum absolute atomic E-state index is 11.4. The minimum absolute atomic E-state index is 0.0835. The first-order valence-electron chi connectivity index (χ1n) is 7.99. The number of nitrogens with zero attached hydrogens (tertiary/aromatic N) is 2. The Morgan fingerprint density at radius 3 is 3.09 bits per heavy atom. The summed E-state index contributed by atoms with van der Waals surface area (Å²) >= 11 is 0. The molecular formula is C17H21N3O3. The molecule has 1 aromatic carbocycles. The van der Waals surface area contributed by atoms with Crippen LogP contribution in [-0.4, -0.2) is 28.2 Å². The summed E-state index contributed by atoms with van der Waals surface area (Å²) in [7, 11) is 0. The third-order valence-corrected chi connectivity index (χ3v) is 3.67. The van der Waals surface area contributed by atoms with Crippen LogP contribution in [0.1, 0.15) is 39.0 Å². The molecule has 1 fully saturated rings. The second-order valence-electron chi connectivity index (χ2n) is 6.07. The largest absolute Gasteiger partial charge is 0.491 e. The number of aromatic nitrogens is 2. The van der Waals surface area contributed by atoms with Crippen LogP contribution in [0.15, 0.2) is 28.8 Å². The second kappa shape index (κ2) is 6.81. The lowest BCUT2D eigenvalue weighted by Gasteiger charge is -2.21. The van der Waals surface area contributed by atoms with Crippen LogP contribution in [0.25, 0.3) is 11.4 Å². The molecule has 3 rings (SSSR count). The lowest BCUT2D eigenvalue weighted by Crippen LogP contribution is -2.40. The maximum atomic E-state index is 11.4. The van der Waals surface area contributed by atoms with E-state index in [-0.39, 0.29) is 18.1 Å². The normalized spacial score (nSPS) is 18.0. The molecule has 2 aromatic rings. The average Bonchev–Trinajstić information content (AvgIpc) is 2.95. The number of carbonyl (C=O) groups excluding carboxylic acids is 1. The average molecular weight is 315 g/mol. The molecule has 0 radical (unpaired) electrons. The summed E-state index contributed by atoms with van der Waals surface area (Å²) in [6.07, 6.45) is 3.14. The van der Waals surface area contributed by atoms with Crippen LogP contribution in [-0.2, 0) is 11.2 Å². The van der Waals surface area contributed by atoms with Gasteiger partial charge in [-0.05, 0) is 38.8 Å². The summed E-state index contributed by atoms with van der Waals surface area (Å²) in [4.78, 5) is 15.9. The number of rotatable bonds is 5. The van der Waals surface area contributed by atoms with Crippen molar-refractivity contribution in [1.29, 1.82) is 0 Å². The van der Waals surface area contributed by atoms with E-state index in [9.17, 15) is 4.79 Å². The summed E-state index contributed by atoms with van der Waals surface area (Å²) < 4.78 is 11.0. The molecule has 1 aliphatic rings. The molecule has 6 heteroatoms. The predicted octanol–water partition coefficient (Wildman–Crippen LogP) is 2.74. The maximum Gasteiger partial charge on any atom is 0.229 e. The van der Waals surface area contributed by atoms with Gasteiger partial charge in [0.1, 0.15) is 5.75 Å². The molecule has 0 saturated carbocycles. The Hall–Kier alpha value is -2.37. The topological polar surface area (TPSA) is 77.2 Å². The van der Waals surface area contributed by atoms with E-state index in [1.165, 1.54) is 0 Å². The first kappa shape index (κ1) is 15.5. The van der Waals surface area contributed by atoms with Gasteiger partial charge in [0.15, 0.2) is 0 Å². The van der Waals surface area contributed by atoms with Crippen LogP contribution in [0, 0.1) is 0 Å². The van der Waals surface area contributed by atoms with E-state index in [0.29, 0.717) is 24.6 Å². The number of ether oxygens (including phenoxy) is 1. The highest BCUT2D eigenvalue weighted by Gasteiger charge is 2.21. The lowest BCUT2D eigenvalue weighted by atomic mass is 10.0. The predicted molar refractivity (Wildman–Crippen MR) is 85.0 cm³/mol. The van der Waals surface area contributed by atoms with Gasteiger partial charge in [0.2, 0.25) is 17.6 Å². The quantitative estimate of drug-likeness (QED) is 0.918. The van der Waals surface area contributed by atoms with Crippen molar-refractivity contribution < 1.29 is 14.1 Å². The molecule has 1 atom stereocenters. The molecule has 1 aliphatic heterocycles. The fourth-order valence-electron chi connectivity index (χ4n) is 2.68. The summed E-state index contributed by atoms with van der Waals surface area (Å²) in [5.74, 6) is 1.96. The van der Waals surface area contributed by atoms with Crippen molar-refractivity contribution in [3.8, 4) is 17.1 Å². The number of hydrogen-bond donors (Lipinski definition) is 1. The second-order valence-corrected chi connectivity index (χ2v) is 6.07. The van der Waals surface area contributed by atoms with Gasteiger partial charge >= 0.3 is 0 Å². The van der Waals surface area contributed by atoms with Gasteiger partial charge in [0.25, 0.3) is 0 Å². The first-order chi connectivity index (χ1) is 11.1. The molecule has 1 N–H and O–H groups in total. The molecule has 0 aliphatic carbocycles. The zero-order valence-electron chi connectivity index (χ0n) is 13.4. The highest BCUT2D eigenvalue weighted by Crippen LogP contribution is 2.23. The van der Waals surface area contributed by atoms with Crippen molar-refractivity contribution in [1.82, 2.24) is 15.5 Å². The number of piperidine rings is 1. The van der Waals surface area contributed by atoms with Crippen molar-refractivity contribution >= 4 is 5.91 Å². The van der Waals surface area contributed by atoms with Crippen LogP contribution in [0.2, 0.25) is 0 Å². The monoisotopic (exact) mass is 315 g/mol. The van der Waals surface area contributed by atoms with Crippen molar-refractivity contribution in [3.05, 3.63) is 30.2 Å². The Balaban J connectivity index is 1.70. The van der Waals surface area contributed by atoms with E-state index < -0.39 is 0 Å². The molecule has 1 aromatic heterocycles. The molecule has 0 bridgehead atoms. The third kappa shape index (κ3) is 4.09. The summed E-state index contributed by atoms with van der Waals surface area (Å²) in [6, 6.07) is 7.72. The summed E-state index contributed by atoms with van der Waals surface area (Å²) in [5, 5.41) is 6.99. The Morgan fingerprint density at radius 2 is 2.30 bits per heavy atom. The smallest absolute Gasteiger partial charge is 0.229 e. The Bertz CT molecular complexity index is 681. The number of benzene rings is 1.